The highest BCUT2D eigenvalue weighted by atomic mass is 16.7. The fourth-order valence-electron chi connectivity index (χ4n) is 7.92. The lowest BCUT2D eigenvalue weighted by Crippen LogP contribution is -2.60. The molecule has 13 heteroatoms. The Bertz CT molecular complexity index is 1120. The molecule has 3 saturated heterocycles. The summed E-state index contributed by atoms with van der Waals surface area (Å²) in [5, 5.41) is 21.5. The lowest BCUT2D eigenvalue weighted by atomic mass is 9.78. The molecule has 1 saturated carbocycles. The first-order valence-electron chi connectivity index (χ1n) is 17.9. The Hall–Kier alpha value is -1.87. The topological polar surface area (TPSA) is 157 Å². The van der Waals surface area contributed by atoms with E-state index in [0.29, 0.717) is 38.3 Å². The number of ketones is 1. The van der Waals surface area contributed by atoms with Crippen molar-refractivity contribution >= 4 is 17.8 Å². The number of carbonyl (C=O) groups excluding carboxylic acids is 3. The molecule has 3 heterocycles. The van der Waals surface area contributed by atoms with E-state index in [-0.39, 0.29) is 29.9 Å². The molecule has 0 spiro atoms. The van der Waals surface area contributed by atoms with Crippen LogP contribution in [0, 0.1) is 23.7 Å². The number of alkyl carbamates (subject to hydrolysis) is 1. The third-order valence-corrected chi connectivity index (χ3v) is 11.2. The van der Waals surface area contributed by atoms with Crippen LogP contribution >= 0.6 is 0 Å². The van der Waals surface area contributed by atoms with Crippen molar-refractivity contribution in [1.29, 1.82) is 0 Å². The van der Waals surface area contributed by atoms with Gasteiger partial charge >= 0.3 is 12.1 Å². The number of Topliss-reactive ketones (excluding diaryl/α,β-unsaturated/α-hetero) is 1. The maximum atomic E-state index is 14.2. The van der Waals surface area contributed by atoms with Gasteiger partial charge in [0, 0.05) is 31.7 Å². The summed E-state index contributed by atoms with van der Waals surface area (Å²) in [6.45, 7) is 15.0. The second kappa shape index (κ2) is 16.0. The van der Waals surface area contributed by atoms with Crippen molar-refractivity contribution in [2.24, 2.45) is 23.7 Å². The van der Waals surface area contributed by atoms with Crippen molar-refractivity contribution in [2.45, 2.75) is 141 Å². The Morgan fingerprint density at radius 1 is 1.08 bits per heavy atom. The predicted octanol–water partition coefficient (Wildman–Crippen LogP) is 2.23. The molecular formula is C35H62N4O9. The SMILES string of the molecule is CC[C@H]1OC(=O)[C@H](C)C(=O)[C@H](C)[C@@H](O[C@@H]2O[C@H](CNCC3CC3)CC(N(C)C)C2O)[C@](C)(OC)C[C@@H](C)CN[C@H](C)[C@H]2NC(=O)O[C@@]21C. The molecule has 4 fully saturated rings. The maximum absolute atomic E-state index is 14.2. The molecule has 4 N–H and O–H groups in total. The van der Waals surface area contributed by atoms with E-state index in [4.69, 9.17) is 23.7 Å². The first kappa shape index (κ1) is 38.9. The van der Waals surface area contributed by atoms with Gasteiger partial charge in [-0.2, -0.15) is 0 Å². The highest BCUT2D eigenvalue weighted by molar-refractivity contribution is 6.00. The van der Waals surface area contributed by atoms with Crippen LogP contribution in [0.4, 0.5) is 4.79 Å². The van der Waals surface area contributed by atoms with Crippen LogP contribution in [0.2, 0.25) is 0 Å². The van der Waals surface area contributed by atoms with E-state index in [1.54, 1.807) is 21.0 Å². The van der Waals surface area contributed by atoms with Crippen molar-refractivity contribution in [3.8, 4) is 0 Å². The van der Waals surface area contributed by atoms with Crippen LogP contribution in [0.1, 0.15) is 80.6 Å². The normalized spacial score (nSPS) is 43.5. The minimum Gasteiger partial charge on any atom is -0.458 e. The molecule has 1 amide bonds. The predicted molar refractivity (Wildman–Crippen MR) is 179 cm³/mol. The number of hydrogen-bond donors (Lipinski definition) is 4. The number of likely N-dealkylation sites (N-methyl/N-ethyl adjacent to an activating group) is 1. The number of cyclic esters (lactones) is 1. The van der Waals surface area contributed by atoms with Crippen molar-refractivity contribution in [3.05, 3.63) is 0 Å². The average Bonchev–Trinajstić information content (AvgIpc) is 3.81. The third-order valence-electron chi connectivity index (χ3n) is 11.2. The van der Waals surface area contributed by atoms with Gasteiger partial charge in [-0.3, -0.25) is 9.59 Å². The standard InChI is InChI=1S/C35H62N4O9/c1-11-26-35(7)29(38-33(43)48-35)22(5)37-16-19(2)15-34(6,44-10)30(20(3)27(40)21(4)31(42)46-26)47-32-28(41)25(39(8)9)14-24(45-32)18-36-17-23-12-13-23/h19-26,28-30,32,36-37,41H,11-18H2,1-10H3,(H,38,43)/t19-,20+,21-,22-,24+,25?,26-,28?,29-,30-,32+,34-,35-/m1/s1. The molecule has 0 aromatic carbocycles. The van der Waals surface area contributed by atoms with Gasteiger partial charge in [0.15, 0.2) is 17.7 Å². The number of methoxy groups -OCH3 is 1. The summed E-state index contributed by atoms with van der Waals surface area (Å²) >= 11 is 0. The number of aliphatic hydroxyl groups excluding tert-OH is 1. The van der Waals surface area contributed by atoms with Gasteiger partial charge in [0.2, 0.25) is 0 Å². The summed E-state index contributed by atoms with van der Waals surface area (Å²) in [4.78, 5) is 42.3. The van der Waals surface area contributed by atoms with Crippen molar-refractivity contribution in [3.63, 3.8) is 0 Å². The van der Waals surface area contributed by atoms with Gasteiger partial charge < -0.3 is 49.6 Å². The van der Waals surface area contributed by atoms with Crippen molar-refractivity contribution in [2.75, 3.05) is 40.8 Å². The van der Waals surface area contributed by atoms with E-state index >= 15 is 0 Å². The Morgan fingerprint density at radius 2 is 1.77 bits per heavy atom. The van der Waals surface area contributed by atoms with Gasteiger partial charge in [-0.15, -0.1) is 0 Å². The zero-order valence-electron chi connectivity index (χ0n) is 30.7. The third kappa shape index (κ3) is 8.70. The molecule has 0 aromatic heterocycles. The van der Waals surface area contributed by atoms with Crippen molar-refractivity contribution in [1.82, 2.24) is 20.9 Å². The highest BCUT2D eigenvalue weighted by Gasteiger charge is 2.55. The molecule has 0 aromatic rings. The molecule has 2 unspecified atom stereocenters. The Morgan fingerprint density at radius 3 is 2.38 bits per heavy atom. The maximum Gasteiger partial charge on any atom is 0.408 e. The second-order valence-electron chi connectivity index (χ2n) is 15.5. The van der Waals surface area contributed by atoms with Crippen LogP contribution in [0.15, 0.2) is 0 Å². The van der Waals surface area contributed by atoms with E-state index in [1.807, 2.05) is 39.8 Å². The monoisotopic (exact) mass is 682 g/mol. The quantitative estimate of drug-likeness (QED) is 0.208. The number of hydrogen-bond acceptors (Lipinski definition) is 12. The van der Waals surface area contributed by atoms with Crippen LogP contribution in [0.25, 0.3) is 0 Å². The molecule has 4 aliphatic rings. The first-order valence-corrected chi connectivity index (χ1v) is 17.9. The Kier molecular flexibility index (Phi) is 13.0. The van der Waals surface area contributed by atoms with Gasteiger partial charge in [0.1, 0.15) is 18.1 Å². The van der Waals surface area contributed by atoms with Crippen molar-refractivity contribution < 1.29 is 43.2 Å². The molecule has 3 aliphatic heterocycles. The van der Waals surface area contributed by atoms with Gasteiger partial charge in [-0.1, -0.05) is 20.8 Å². The van der Waals surface area contributed by atoms with E-state index in [2.05, 4.69) is 22.9 Å². The van der Waals surface area contributed by atoms with Crippen LogP contribution < -0.4 is 16.0 Å². The summed E-state index contributed by atoms with van der Waals surface area (Å²) in [5.74, 6) is -2.31. The van der Waals surface area contributed by atoms with Gasteiger partial charge in [0.05, 0.1) is 23.9 Å². The molecule has 4 rings (SSSR count). The van der Waals surface area contributed by atoms with E-state index in [0.717, 1.165) is 6.54 Å². The van der Waals surface area contributed by atoms with Crippen LogP contribution in [0.3, 0.4) is 0 Å². The van der Waals surface area contributed by atoms with Crippen LogP contribution in [-0.2, 0) is 33.3 Å². The van der Waals surface area contributed by atoms with Gasteiger partial charge in [-0.25, -0.2) is 4.79 Å². The number of amides is 1. The number of esters is 1. The van der Waals surface area contributed by atoms with Crippen LogP contribution in [0.5, 0.6) is 0 Å². The lowest BCUT2D eigenvalue weighted by Gasteiger charge is -2.47. The number of nitrogens with one attached hydrogen (secondary N) is 3. The van der Waals surface area contributed by atoms with Crippen LogP contribution in [-0.4, -0.2) is 129 Å². The zero-order valence-corrected chi connectivity index (χ0v) is 30.7. The summed E-state index contributed by atoms with van der Waals surface area (Å²) in [5.41, 5.74) is -2.16. The minimum absolute atomic E-state index is 0.0311. The number of carbonyl (C=O) groups is 3. The molecule has 0 bridgehead atoms. The largest absolute Gasteiger partial charge is 0.458 e. The number of fused-ring (bicyclic) bond motifs is 1. The molecular weight excluding hydrogens is 620 g/mol. The van der Waals surface area contributed by atoms with E-state index in [1.165, 1.54) is 19.8 Å². The second-order valence-corrected chi connectivity index (χ2v) is 15.5. The summed E-state index contributed by atoms with van der Waals surface area (Å²) in [6.07, 6.45) is -0.491. The average molecular weight is 683 g/mol. The molecule has 48 heavy (non-hydrogen) atoms. The zero-order chi connectivity index (χ0) is 35.6. The minimum atomic E-state index is -1.15. The molecule has 276 valence electrons. The van der Waals surface area contributed by atoms with E-state index < -0.39 is 65.7 Å². The number of aliphatic hydroxyl groups is 1. The van der Waals surface area contributed by atoms with E-state index in [9.17, 15) is 19.5 Å². The summed E-state index contributed by atoms with van der Waals surface area (Å²) in [7, 11) is 5.45. The Balaban J connectivity index is 1.65. The molecule has 13 nitrogen and oxygen atoms in total. The smallest absolute Gasteiger partial charge is 0.408 e. The first-order chi connectivity index (χ1) is 22.5. The summed E-state index contributed by atoms with van der Waals surface area (Å²) in [6, 6.07) is -0.956. The fraction of sp³-hybridized carbons (Fsp3) is 0.914. The Labute approximate surface area is 286 Å². The fourth-order valence-corrected chi connectivity index (χ4v) is 7.92. The number of nitrogens with zero attached hydrogens (tertiary/aromatic N) is 1. The lowest BCUT2D eigenvalue weighted by molar-refractivity contribution is -0.297. The molecule has 0 radical (unpaired) electrons. The van der Waals surface area contributed by atoms with Gasteiger partial charge in [0.25, 0.3) is 0 Å². The summed E-state index contributed by atoms with van der Waals surface area (Å²) < 4.78 is 31.1. The molecule has 13 atom stereocenters. The molecule has 1 aliphatic carbocycles. The number of rotatable bonds is 9. The highest BCUT2D eigenvalue weighted by Crippen LogP contribution is 2.38. The van der Waals surface area contributed by atoms with Gasteiger partial charge in [-0.05, 0) is 98.8 Å². The number of ether oxygens (including phenoxy) is 5.